The summed E-state index contributed by atoms with van der Waals surface area (Å²) in [6.45, 7) is 6.40. The van der Waals surface area contributed by atoms with E-state index in [1.807, 2.05) is 34.6 Å². The maximum atomic E-state index is 13.2. The monoisotopic (exact) mass is 394 g/mol. The van der Waals surface area contributed by atoms with Gasteiger partial charge in [0.15, 0.2) is 5.82 Å². The number of aryl methyl sites for hydroxylation is 2. The van der Waals surface area contributed by atoms with Gasteiger partial charge in [-0.25, -0.2) is 4.98 Å². The summed E-state index contributed by atoms with van der Waals surface area (Å²) in [7, 11) is 0. The number of anilines is 1. The first-order chi connectivity index (χ1) is 14.1. The lowest BCUT2D eigenvalue weighted by Crippen LogP contribution is -2.36. The van der Waals surface area contributed by atoms with Crippen molar-refractivity contribution in [1.29, 1.82) is 0 Å². The molecule has 1 N–H and O–H groups in total. The quantitative estimate of drug-likeness (QED) is 0.853. The molecule has 0 radical (unpaired) electrons. The van der Waals surface area contributed by atoms with Crippen LogP contribution in [0.4, 0.5) is 5.69 Å². The number of fused-ring (bicyclic) bond motifs is 1. The van der Waals surface area contributed by atoms with Gasteiger partial charge in [0.05, 0.1) is 5.69 Å². The fraction of sp³-hybridized carbons (Fsp3) is 0.522. The van der Waals surface area contributed by atoms with Crippen LogP contribution in [0, 0.1) is 6.92 Å². The molecule has 6 heteroatoms. The van der Waals surface area contributed by atoms with E-state index in [0.29, 0.717) is 11.5 Å². The highest BCUT2D eigenvalue weighted by molar-refractivity contribution is 6.04. The molecule has 0 spiro atoms. The molecule has 0 saturated carbocycles. The minimum Gasteiger partial charge on any atom is -0.337 e. The third kappa shape index (κ3) is 3.80. The zero-order valence-corrected chi connectivity index (χ0v) is 17.5. The molecule has 154 valence electrons. The third-order valence-corrected chi connectivity index (χ3v) is 6.15. The number of nitrogens with zero attached hydrogens (tertiary/aromatic N) is 3. The molecule has 0 atom stereocenters. The zero-order valence-electron chi connectivity index (χ0n) is 17.5. The Morgan fingerprint density at radius 3 is 2.59 bits per heavy atom. The summed E-state index contributed by atoms with van der Waals surface area (Å²) in [5.74, 6) is 0.125. The lowest BCUT2D eigenvalue weighted by Gasteiger charge is -2.26. The van der Waals surface area contributed by atoms with E-state index in [-0.39, 0.29) is 11.8 Å². The van der Waals surface area contributed by atoms with Crippen molar-refractivity contribution >= 4 is 17.5 Å². The average molecular weight is 395 g/mol. The van der Waals surface area contributed by atoms with E-state index in [4.69, 9.17) is 0 Å². The number of nitrogens with one attached hydrogen (secondary N) is 1. The highest BCUT2D eigenvalue weighted by Crippen LogP contribution is 2.26. The van der Waals surface area contributed by atoms with Gasteiger partial charge in [-0.15, -0.1) is 0 Å². The van der Waals surface area contributed by atoms with Gasteiger partial charge >= 0.3 is 0 Å². The van der Waals surface area contributed by atoms with Crippen LogP contribution in [-0.4, -0.2) is 39.4 Å². The second kappa shape index (κ2) is 8.39. The van der Waals surface area contributed by atoms with Crippen molar-refractivity contribution in [1.82, 2.24) is 14.5 Å². The van der Waals surface area contributed by atoms with Crippen LogP contribution in [-0.2, 0) is 19.4 Å². The number of hydrogen-bond acceptors (Lipinski definition) is 3. The lowest BCUT2D eigenvalue weighted by atomic mass is 10.1. The Hall–Kier alpha value is -2.63. The van der Waals surface area contributed by atoms with Gasteiger partial charge in [-0.2, -0.15) is 0 Å². The van der Waals surface area contributed by atoms with Gasteiger partial charge < -0.3 is 14.8 Å². The van der Waals surface area contributed by atoms with E-state index in [2.05, 4.69) is 17.2 Å². The molecular formula is C23H30N4O2. The molecule has 2 aliphatic rings. The number of rotatable bonds is 4. The normalized spacial score (nSPS) is 16.4. The predicted molar refractivity (Wildman–Crippen MR) is 113 cm³/mol. The van der Waals surface area contributed by atoms with Gasteiger partial charge in [0.1, 0.15) is 5.69 Å². The fourth-order valence-corrected chi connectivity index (χ4v) is 4.51. The van der Waals surface area contributed by atoms with E-state index in [1.165, 1.54) is 6.42 Å². The first-order valence-electron chi connectivity index (χ1n) is 10.9. The smallest absolute Gasteiger partial charge is 0.291 e. The standard InChI is InChI=1S/C23H30N4O2/c1-3-17-11-9-10-16(2)19(17)25-22(28)21-24-20(18-12-5-8-15-27(18)21)23(29)26-13-6-4-7-14-26/h9-11H,3-8,12-15H2,1-2H3,(H,25,28). The first kappa shape index (κ1) is 19.7. The molecule has 2 amide bonds. The SMILES string of the molecule is CCc1cccc(C)c1NC(=O)c1nc(C(=O)N2CCCCC2)c2n1CCCC2. The summed E-state index contributed by atoms with van der Waals surface area (Å²) >= 11 is 0. The van der Waals surface area contributed by atoms with Crippen molar-refractivity contribution in [3.63, 3.8) is 0 Å². The van der Waals surface area contributed by atoms with Crippen molar-refractivity contribution < 1.29 is 9.59 Å². The number of hydrogen-bond donors (Lipinski definition) is 1. The summed E-state index contributed by atoms with van der Waals surface area (Å²) < 4.78 is 1.97. The number of para-hydroxylation sites is 1. The molecule has 4 rings (SSSR count). The van der Waals surface area contributed by atoms with E-state index in [1.54, 1.807) is 0 Å². The number of carbonyl (C=O) groups excluding carboxylic acids is 2. The van der Waals surface area contributed by atoms with Crippen LogP contribution in [0.1, 0.15) is 77.0 Å². The molecule has 1 aromatic heterocycles. The molecule has 1 saturated heterocycles. The molecule has 0 bridgehead atoms. The van der Waals surface area contributed by atoms with Crippen molar-refractivity contribution in [3.05, 3.63) is 46.5 Å². The molecule has 0 unspecified atom stereocenters. The second-order valence-electron chi connectivity index (χ2n) is 8.11. The zero-order chi connectivity index (χ0) is 20.4. The Kier molecular flexibility index (Phi) is 5.69. The summed E-state index contributed by atoms with van der Waals surface area (Å²) in [6, 6.07) is 6.05. The van der Waals surface area contributed by atoms with Crippen LogP contribution >= 0.6 is 0 Å². The molecule has 1 aromatic carbocycles. The van der Waals surface area contributed by atoms with Gasteiger partial charge in [-0.3, -0.25) is 9.59 Å². The Balaban J connectivity index is 1.66. The van der Waals surface area contributed by atoms with Crippen LogP contribution in [0.5, 0.6) is 0 Å². The van der Waals surface area contributed by atoms with Crippen LogP contribution < -0.4 is 5.32 Å². The van der Waals surface area contributed by atoms with Gasteiger partial charge in [-0.05, 0) is 63.0 Å². The highest BCUT2D eigenvalue weighted by Gasteiger charge is 2.30. The summed E-state index contributed by atoms with van der Waals surface area (Å²) in [4.78, 5) is 32.8. The van der Waals surface area contributed by atoms with Crippen LogP contribution in [0.15, 0.2) is 18.2 Å². The van der Waals surface area contributed by atoms with Crippen molar-refractivity contribution in [2.75, 3.05) is 18.4 Å². The molecule has 29 heavy (non-hydrogen) atoms. The Bertz CT molecular complexity index is 925. The van der Waals surface area contributed by atoms with E-state index >= 15 is 0 Å². The van der Waals surface area contributed by atoms with Crippen molar-refractivity contribution in [2.45, 2.75) is 65.3 Å². The Labute approximate surface area is 172 Å². The molecule has 0 aliphatic carbocycles. The summed E-state index contributed by atoms with van der Waals surface area (Å²) in [6.07, 6.45) is 6.95. The van der Waals surface area contributed by atoms with E-state index in [0.717, 1.165) is 80.7 Å². The van der Waals surface area contributed by atoms with Gasteiger partial charge in [0.25, 0.3) is 11.8 Å². The van der Waals surface area contributed by atoms with E-state index in [9.17, 15) is 9.59 Å². The minimum atomic E-state index is -0.227. The molecule has 3 heterocycles. The predicted octanol–water partition coefficient (Wildman–Crippen LogP) is 3.97. The third-order valence-electron chi connectivity index (χ3n) is 6.15. The molecular weight excluding hydrogens is 364 g/mol. The van der Waals surface area contributed by atoms with Crippen LogP contribution in [0.25, 0.3) is 0 Å². The Morgan fingerprint density at radius 1 is 1.07 bits per heavy atom. The maximum Gasteiger partial charge on any atom is 0.291 e. The van der Waals surface area contributed by atoms with Crippen molar-refractivity contribution in [3.8, 4) is 0 Å². The number of aromatic nitrogens is 2. The average Bonchev–Trinajstić information content (AvgIpc) is 3.15. The van der Waals surface area contributed by atoms with Gasteiger partial charge in [0, 0.05) is 25.3 Å². The van der Waals surface area contributed by atoms with Crippen LogP contribution in [0.3, 0.4) is 0 Å². The molecule has 2 aliphatic heterocycles. The molecule has 1 fully saturated rings. The maximum absolute atomic E-state index is 13.2. The first-order valence-corrected chi connectivity index (χ1v) is 10.9. The van der Waals surface area contributed by atoms with Gasteiger partial charge in [0.2, 0.25) is 0 Å². The van der Waals surface area contributed by atoms with Crippen molar-refractivity contribution in [2.24, 2.45) is 0 Å². The molecule has 2 aromatic rings. The number of amides is 2. The number of benzene rings is 1. The summed E-state index contributed by atoms with van der Waals surface area (Å²) in [5.41, 5.74) is 4.41. The second-order valence-corrected chi connectivity index (χ2v) is 8.11. The highest BCUT2D eigenvalue weighted by atomic mass is 16.2. The largest absolute Gasteiger partial charge is 0.337 e. The topological polar surface area (TPSA) is 67.2 Å². The minimum absolute atomic E-state index is 0.0143. The summed E-state index contributed by atoms with van der Waals surface area (Å²) in [5, 5.41) is 3.08. The Morgan fingerprint density at radius 2 is 1.83 bits per heavy atom. The van der Waals surface area contributed by atoms with Crippen LogP contribution in [0.2, 0.25) is 0 Å². The number of imidazole rings is 1. The van der Waals surface area contributed by atoms with Gasteiger partial charge in [-0.1, -0.05) is 25.1 Å². The van der Waals surface area contributed by atoms with E-state index < -0.39 is 0 Å². The number of carbonyl (C=O) groups is 2. The number of likely N-dealkylation sites (tertiary alicyclic amines) is 1. The fourth-order valence-electron chi connectivity index (χ4n) is 4.51. The number of piperidine rings is 1. The molecule has 6 nitrogen and oxygen atoms in total. The lowest BCUT2D eigenvalue weighted by molar-refractivity contribution is 0.0717.